The number of nitrogens with one attached hydrogen (secondary N) is 2. The minimum Gasteiger partial charge on any atom is -0.504 e. The van der Waals surface area contributed by atoms with Crippen LogP contribution in [-0.2, 0) is 16.0 Å². The molecule has 0 radical (unpaired) electrons. The molecule has 0 aliphatic rings. The largest absolute Gasteiger partial charge is 0.504 e. The van der Waals surface area contributed by atoms with E-state index in [2.05, 4.69) is 10.6 Å². The molecule has 2 atom stereocenters. The highest BCUT2D eigenvalue weighted by Gasteiger charge is 2.28. The van der Waals surface area contributed by atoms with E-state index in [1.54, 1.807) is 13.8 Å². The Morgan fingerprint density at radius 1 is 1.03 bits per heavy atom. The number of nitro benzene ring substituents is 1. The molecule has 0 saturated heterocycles. The summed E-state index contributed by atoms with van der Waals surface area (Å²) in [6.07, 6.45) is 0.0212. The first-order chi connectivity index (χ1) is 16.8. The normalized spacial score (nSPS) is 12.5. The summed E-state index contributed by atoms with van der Waals surface area (Å²) in [5.41, 5.74) is 4.70. The minimum absolute atomic E-state index is 0.0953. The van der Waals surface area contributed by atoms with Crippen LogP contribution in [0.3, 0.4) is 0 Å². The molecule has 0 aliphatic carbocycles. The van der Waals surface area contributed by atoms with E-state index in [9.17, 15) is 44.8 Å². The summed E-state index contributed by atoms with van der Waals surface area (Å²) in [6, 6.07) is 4.33. The van der Waals surface area contributed by atoms with Gasteiger partial charge in [-0.3, -0.25) is 24.5 Å². The van der Waals surface area contributed by atoms with Gasteiger partial charge in [0.25, 0.3) is 11.6 Å². The monoisotopic (exact) mass is 502 g/mol. The lowest BCUT2D eigenvalue weighted by molar-refractivity contribution is -0.384. The van der Waals surface area contributed by atoms with Gasteiger partial charge in [-0.1, -0.05) is 19.9 Å². The molecule has 0 heterocycles. The number of benzene rings is 2. The summed E-state index contributed by atoms with van der Waals surface area (Å²) < 4.78 is 0. The Morgan fingerprint density at radius 2 is 1.69 bits per heavy atom. The smallest absolute Gasteiger partial charge is 0.488 e. The van der Waals surface area contributed by atoms with Crippen molar-refractivity contribution in [3.05, 3.63) is 57.6 Å². The fourth-order valence-electron chi connectivity index (χ4n) is 3.39. The second kappa shape index (κ2) is 12.0. The number of carbonyl (C=O) groups excluding carboxylic acids is 3. The van der Waals surface area contributed by atoms with Crippen molar-refractivity contribution in [2.24, 2.45) is 11.7 Å². The molecule has 13 nitrogen and oxygen atoms in total. The molecule has 0 bridgehead atoms. The first kappa shape index (κ1) is 28.1. The van der Waals surface area contributed by atoms with Gasteiger partial charge >= 0.3 is 7.12 Å². The zero-order chi connectivity index (χ0) is 27.2. The predicted molar refractivity (Wildman–Crippen MR) is 128 cm³/mol. The first-order valence-corrected chi connectivity index (χ1v) is 10.8. The van der Waals surface area contributed by atoms with Crippen LogP contribution in [0.25, 0.3) is 0 Å². The van der Waals surface area contributed by atoms with Gasteiger partial charge in [0, 0.05) is 24.1 Å². The number of phenolic OH excluding ortho intramolecular Hbond substituents is 2. The van der Waals surface area contributed by atoms with Gasteiger partial charge in [-0.25, -0.2) is 0 Å². The number of nitro groups is 1. The highest BCUT2D eigenvalue weighted by Crippen LogP contribution is 2.25. The van der Waals surface area contributed by atoms with Crippen LogP contribution in [0.4, 0.5) is 5.69 Å². The van der Waals surface area contributed by atoms with E-state index in [0.717, 1.165) is 18.2 Å². The molecule has 2 aromatic rings. The summed E-state index contributed by atoms with van der Waals surface area (Å²) in [4.78, 5) is 48.2. The van der Waals surface area contributed by atoms with Gasteiger partial charge in [-0.15, -0.1) is 0 Å². The van der Waals surface area contributed by atoms with Crippen molar-refractivity contribution in [1.82, 2.24) is 10.6 Å². The molecule has 0 aliphatic heterocycles. The van der Waals surface area contributed by atoms with Crippen LogP contribution in [0.1, 0.15) is 36.2 Å². The number of aromatic hydroxyl groups is 2. The zero-order valence-electron chi connectivity index (χ0n) is 19.5. The number of phenols is 2. The van der Waals surface area contributed by atoms with Crippen LogP contribution < -0.4 is 21.8 Å². The Labute approximate surface area is 206 Å². The molecule has 0 saturated carbocycles. The zero-order valence-corrected chi connectivity index (χ0v) is 19.5. The molecule has 192 valence electrons. The Balaban J connectivity index is 2.26. The molecule has 2 rings (SSSR count). The number of nitrogens with zero attached hydrogens (tertiary/aromatic N) is 1. The van der Waals surface area contributed by atoms with Gasteiger partial charge in [-0.2, -0.15) is 0 Å². The molecule has 3 amide bonds. The first-order valence-electron chi connectivity index (χ1n) is 10.8. The Kier molecular flexibility index (Phi) is 9.35. The van der Waals surface area contributed by atoms with Crippen LogP contribution >= 0.6 is 0 Å². The molecule has 8 N–H and O–H groups in total. The summed E-state index contributed by atoms with van der Waals surface area (Å²) in [6.45, 7) is 3.57. The van der Waals surface area contributed by atoms with Crippen LogP contribution in [0.2, 0.25) is 0 Å². The third-order valence-electron chi connectivity index (χ3n) is 5.18. The van der Waals surface area contributed by atoms with Gasteiger partial charge in [0.1, 0.15) is 12.1 Å². The van der Waals surface area contributed by atoms with Crippen molar-refractivity contribution < 1.29 is 39.6 Å². The number of hydrogen-bond acceptors (Lipinski definition) is 9. The molecular weight excluding hydrogens is 475 g/mol. The Bertz CT molecular complexity index is 1160. The van der Waals surface area contributed by atoms with E-state index in [1.165, 1.54) is 18.2 Å². The van der Waals surface area contributed by atoms with Crippen LogP contribution in [0.15, 0.2) is 36.4 Å². The molecular formula is C22H27BN4O9. The number of amides is 3. The number of hydrogen-bond donors (Lipinski definition) is 7. The Morgan fingerprint density at radius 3 is 2.22 bits per heavy atom. The number of rotatable bonds is 11. The summed E-state index contributed by atoms with van der Waals surface area (Å²) in [7, 11) is -2.07. The highest BCUT2D eigenvalue weighted by molar-refractivity contribution is 6.58. The standard InChI is InChI=1S/C22H27BN4O9/c1-11(2)5-17(26-21(31)13-8-14(23(33)34)10-15(9-13)27(35)36)22(32)25-16(20(24)30)6-12-3-4-18(28)19(29)7-12/h3-4,7-11,16-17,28-29,33-34H,5-6H2,1-2H3,(H2,24,30)(H,25,32)(H,26,31)/t16-,17-/m0/s1. The summed E-state index contributed by atoms with van der Waals surface area (Å²) in [5.74, 6) is -3.41. The van der Waals surface area contributed by atoms with E-state index in [-0.39, 0.29) is 35.5 Å². The number of nitrogens with two attached hydrogens (primary N) is 1. The molecule has 0 unspecified atom stereocenters. The quantitative estimate of drug-likeness (QED) is 0.0868. The van der Waals surface area contributed by atoms with Gasteiger partial charge < -0.3 is 36.6 Å². The van der Waals surface area contributed by atoms with Crippen LogP contribution in [-0.4, -0.2) is 62.1 Å². The third-order valence-corrected chi connectivity index (χ3v) is 5.18. The van der Waals surface area contributed by atoms with E-state index in [4.69, 9.17) is 5.73 Å². The van der Waals surface area contributed by atoms with Crippen LogP contribution in [0.5, 0.6) is 11.5 Å². The maximum absolute atomic E-state index is 13.0. The lowest BCUT2D eigenvalue weighted by Gasteiger charge is -2.23. The predicted octanol–water partition coefficient (Wildman–Crippen LogP) is -0.957. The van der Waals surface area contributed by atoms with Crippen molar-refractivity contribution in [2.45, 2.75) is 38.8 Å². The maximum atomic E-state index is 13.0. The fourth-order valence-corrected chi connectivity index (χ4v) is 3.39. The second-order valence-corrected chi connectivity index (χ2v) is 8.59. The fraction of sp³-hybridized carbons (Fsp3) is 0.318. The average molecular weight is 502 g/mol. The van der Waals surface area contributed by atoms with Gasteiger partial charge in [0.15, 0.2) is 11.5 Å². The van der Waals surface area contributed by atoms with Crippen LogP contribution in [0, 0.1) is 16.0 Å². The topological polar surface area (TPSA) is 225 Å². The van der Waals surface area contributed by atoms with Crippen molar-refractivity contribution in [3.8, 4) is 11.5 Å². The maximum Gasteiger partial charge on any atom is 0.488 e. The molecule has 2 aromatic carbocycles. The van der Waals surface area contributed by atoms with Gasteiger partial charge in [0.2, 0.25) is 11.8 Å². The van der Waals surface area contributed by atoms with E-state index in [0.29, 0.717) is 5.56 Å². The Hall–Kier alpha value is -4.17. The third kappa shape index (κ3) is 7.68. The van der Waals surface area contributed by atoms with Crippen molar-refractivity contribution in [2.75, 3.05) is 0 Å². The lowest BCUT2D eigenvalue weighted by Crippen LogP contribution is -2.54. The van der Waals surface area contributed by atoms with Crippen molar-refractivity contribution in [3.63, 3.8) is 0 Å². The SMILES string of the molecule is CC(C)C[C@H](NC(=O)c1cc(B(O)O)cc([N+](=O)[O-])c1)C(=O)N[C@@H](Cc1ccc(O)c(O)c1)C(N)=O. The van der Waals surface area contributed by atoms with Crippen molar-refractivity contribution >= 4 is 36.0 Å². The summed E-state index contributed by atoms with van der Waals surface area (Å²) >= 11 is 0. The van der Waals surface area contributed by atoms with Gasteiger partial charge in [-0.05, 0) is 41.6 Å². The molecule has 14 heteroatoms. The number of non-ortho nitro benzene ring substituents is 1. The van der Waals surface area contributed by atoms with E-state index >= 15 is 0 Å². The molecule has 0 fully saturated rings. The minimum atomic E-state index is -2.07. The van der Waals surface area contributed by atoms with E-state index < -0.39 is 53.3 Å². The molecule has 0 spiro atoms. The molecule has 0 aromatic heterocycles. The van der Waals surface area contributed by atoms with Gasteiger partial charge in [0.05, 0.1) is 4.92 Å². The highest BCUT2D eigenvalue weighted by atomic mass is 16.6. The number of carbonyl (C=O) groups is 3. The number of primary amides is 1. The molecule has 36 heavy (non-hydrogen) atoms. The average Bonchev–Trinajstić information content (AvgIpc) is 2.79. The lowest BCUT2D eigenvalue weighted by atomic mass is 9.79. The summed E-state index contributed by atoms with van der Waals surface area (Å²) in [5, 5.41) is 54.0. The van der Waals surface area contributed by atoms with Crippen molar-refractivity contribution in [1.29, 1.82) is 0 Å². The van der Waals surface area contributed by atoms with E-state index in [1.807, 2.05) is 0 Å². The second-order valence-electron chi connectivity index (χ2n) is 8.59.